The lowest BCUT2D eigenvalue weighted by Crippen LogP contribution is -2.10. The Morgan fingerprint density at radius 3 is 1.69 bits per heavy atom. The fraction of sp³-hybridized carbons (Fsp3) is 0.818. The van der Waals surface area contributed by atoms with Gasteiger partial charge in [0.1, 0.15) is 0 Å². The summed E-state index contributed by atoms with van der Waals surface area (Å²) in [5, 5.41) is 0. The molecule has 0 bridgehead atoms. The molecule has 0 saturated carbocycles. The molecule has 0 aromatic heterocycles. The second-order valence-corrected chi connectivity index (χ2v) is 2.01. The van der Waals surface area contributed by atoms with Crippen LogP contribution in [-0.4, -0.2) is 5.92 Å². The fourth-order valence-corrected chi connectivity index (χ4v) is 0.660. The van der Waals surface area contributed by atoms with Gasteiger partial charge in [0, 0.05) is 6.42 Å². The number of allylic oxidation sites excluding steroid dienone is 2. The Kier molecular flexibility index (Phi) is 20.0. The predicted molar refractivity (Wildman–Crippen MR) is 57.4 cm³/mol. The first-order chi connectivity index (χ1) is 6.12. The van der Waals surface area contributed by atoms with Crippen molar-refractivity contribution in [1.29, 1.82) is 0 Å². The van der Waals surface area contributed by atoms with E-state index in [0.717, 1.165) is 6.08 Å². The number of alkyl halides is 2. The summed E-state index contributed by atoms with van der Waals surface area (Å²) in [5.74, 6) is -2.58. The van der Waals surface area contributed by atoms with E-state index in [1.807, 2.05) is 27.7 Å². The highest BCUT2D eigenvalue weighted by Crippen LogP contribution is 2.21. The van der Waals surface area contributed by atoms with Gasteiger partial charge in [-0.15, -0.1) is 0 Å². The molecule has 0 fully saturated rings. The van der Waals surface area contributed by atoms with E-state index in [-0.39, 0.29) is 6.42 Å². The first-order valence-electron chi connectivity index (χ1n) is 5.14. The molecule has 2 heteroatoms. The number of rotatable bonds is 3. The monoisotopic (exact) mass is 194 g/mol. The molecule has 0 N–H and O–H groups in total. The van der Waals surface area contributed by atoms with Gasteiger partial charge in [0.2, 0.25) is 0 Å². The summed E-state index contributed by atoms with van der Waals surface area (Å²) >= 11 is 0. The minimum Gasteiger partial charge on any atom is -0.202 e. The van der Waals surface area contributed by atoms with Gasteiger partial charge in [0.05, 0.1) is 0 Å². The van der Waals surface area contributed by atoms with Crippen LogP contribution in [0, 0.1) is 0 Å². The quantitative estimate of drug-likeness (QED) is 0.551. The summed E-state index contributed by atoms with van der Waals surface area (Å²) in [6.45, 7) is 11.3. The van der Waals surface area contributed by atoms with Crippen LogP contribution in [0.4, 0.5) is 8.78 Å². The third-order valence-corrected chi connectivity index (χ3v) is 0.994. The van der Waals surface area contributed by atoms with E-state index in [1.165, 1.54) is 6.08 Å². The van der Waals surface area contributed by atoms with E-state index < -0.39 is 5.92 Å². The average Bonchev–Trinajstić information content (AvgIpc) is 2.11. The van der Waals surface area contributed by atoms with Gasteiger partial charge in [-0.05, 0) is 13.0 Å². The van der Waals surface area contributed by atoms with Gasteiger partial charge in [-0.2, -0.15) is 0 Å². The van der Waals surface area contributed by atoms with E-state index in [9.17, 15) is 8.78 Å². The Labute approximate surface area is 82.0 Å². The summed E-state index contributed by atoms with van der Waals surface area (Å²) < 4.78 is 24.7. The molecular formula is C11H24F2. The first-order valence-corrected chi connectivity index (χ1v) is 5.14. The second-order valence-electron chi connectivity index (χ2n) is 2.01. The number of hydrogen-bond donors (Lipinski definition) is 0. The summed E-state index contributed by atoms with van der Waals surface area (Å²) in [5.41, 5.74) is 0. The van der Waals surface area contributed by atoms with Crippen LogP contribution in [0.2, 0.25) is 0 Å². The molecule has 82 valence electrons. The molecule has 0 heterocycles. The molecule has 0 aromatic rings. The van der Waals surface area contributed by atoms with Gasteiger partial charge in [0.25, 0.3) is 5.92 Å². The Morgan fingerprint density at radius 1 is 1.08 bits per heavy atom. The third kappa shape index (κ3) is 18.5. The standard InChI is InChI=1S/C7H12F2.2C2H6/c1-3-5-7(8,9)6-4-2;2*1-2/h3,5H,4,6H2,1-2H3;2*1-2H3/b5-3+;;. The maximum absolute atomic E-state index is 12.3. The molecule has 0 amide bonds. The molecule has 0 aliphatic heterocycles. The molecule has 0 radical (unpaired) electrons. The van der Waals surface area contributed by atoms with Crippen molar-refractivity contribution in [2.75, 3.05) is 0 Å². The molecule has 0 unspecified atom stereocenters. The van der Waals surface area contributed by atoms with Crippen LogP contribution in [0.3, 0.4) is 0 Å². The summed E-state index contributed by atoms with van der Waals surface area (Å²) in [6, 6.07) is 0. The van der Waals surface area contributed by atoms with Crippen molar-refractivity contribution in [3.8, 4) is 0 Å². The first kappa shape index (κ1) is 18.4. The van der Waals surface area contributed by atoms with Crippen molar-refractivity contribution in [2.45, 2.75) is 60.3 Å². The van der Waals surface area contributed by atoms with E-state index in [2.05, 4.69) is 0 Å². The van der Waals surface area contributed by atoms with Gasteiger partial charge < -0.3 is 0 Å². The normalized spacial score (nSPS) is 9.85. The van der Waals surface area contributed by atoms with Crippen LogP contribution >= 0.6 is 0 Å². The van der Waals surface area contributed by atoms with Gasteiger partial charge in [-0.1, -0.05) is 47.1 Å². The highest BCUT2D eigenvalue weighted by molar-refractivity contribution is 4.91. The van der Waals surface area contributed by atoms with E-state index in [0.29, 0.717) is 6.42 Å². The van der Waals surface area contributed by atoms with Crippen molar-refractivity contribution in [3.05, 3.63) is 12.2 Å². The van der Waals surface area contributed by atoms with E-state index >= 15 is 0 Å². The van der Waals surface area contributed by atoms with Crippen molar-refractivity contribution in [1.82, 2.24) is 0 Å². The van der Waals surface area contributed by atoms with E-state index in [1.54, 1.807) is 13.8 Å². The molecule has 0 aliphatic carbocycles. The highest BCUT2D eigenvalue weighted by atomic mass is 19.3. The molecule has 0 aromatic carbocycles. The molecule has 0 nitrogen and oxygen atoms in total. The molecule has 13 heavy (non-hydrogen) atoms. The Bertz CT molecular complexity index is 96.3. The Morgan fingerprint density at radius 2 is 1.46 bits per heavy atom. The van der Waals surface area contributed by atoms with Gasteiger partial charge in [-0.3, -0.25) is 0 Å². The van der Waals surface area contributed by atoms with Gasteiger partial charge in [0.15, 0.2) is 0 Å². The molecular weight excluding hydrogens is 170 g/mol. The van der Waals surface area contributed by atoms with Crippen molar-refractivity contribution in [2.24, 2.45) is 0 Å². The lowest BCUT2D eigenvalue weighted by molar-refractivity contribution is 0.0448. The largest absolute Gasteiger partial charge is 0.266 e. The van der Waals surface area contributed by atoms with E-state index in [4.69, 9.17) is 0 Å². The SMILES string of the molecule is C/C=C/C(F)(F)CCC.CC.CC. The van der Waals surface area contributed by atoms with Crippen LogP contribution < -0.4 is 0 Å². The maximum atomic E-state index is 12.3. The van der Waals surface area contributed by atoms with Crippen LogP contribution in [-0.2, 0) is 0 Å². The molecule has 0 atom stereocenters. The summed E-state index contributed by atoms with van der Waals surface area (Å²) in [7, 11) is 0. The molecule has 0 spiro atoms. The second kappa shape index (κ2) is 14.1. The lowest BCUT2D eigenvalue weighted by Gasteiger charge is -2.08. The van der Waals surface area contributed by atoms with Crippen molar-refractivity contribution < 1.29 is 8.78 Å². The number of hydrogen-bond acceptors (Lipinski definition) is 0. The topological polar surface area (TPSA) is 0 Å². The van der Waals surface area contributed by atoms with Crippen molar-refractivity contribution in [3.63, 3.8) is 0 Å². The summed E-state index contributed by atoms with van der Waals surface area (Å²) in [6.07, 6.45) is 2.81. The third-order valence-electron chi connectivity index (χ3n) is 0.994. The summed E-state index contributed by atoms with van der Waals surface area (Å²) in [4.78, 5) is 0. The fourth-order valence-electron chi connectivity index (χ4n) is 0.660. The minimum absolute atomic E-state index is 0.0443. The molecule has 0 rings (SSSR count). The number of halogens is 2. The van der Waals surface area contributed by atoms with Crippen LogP contribution in [0.15, 0.2) is 12.2 Å². The lowest BCUT2D eigenvalue weighted by atomic mass is 10.2. The predicted octanol–water partition coefficient (Wildman–Crippen LogP) is 5.05. The zero-order chi connectivity index (χ0) is 11.3. The maximum Gasteiger partial charge on any atom is 0.266 e. The zero-order valence-corrected chi connectivity index (χ0v) is 9.82. The van der Waals surface area contributed by atoms with Gasteiger partial charge in [-0.25, -0.2) is 8.78 Å². The van der Waals surface area contributed by atoms with Crippen LogP contribution in [0.5, 0.6) is 0 Å². The Balaban J connectivity index is -0.000000218. The molecule has 0 aliphatic rings. The molecule has 0 saturated heterocycles. The van der Waals surface area contributed by atoms with Gasteiger partial charge >= 0.3 is 0 Å². The average molecular weight is 194 g/mol. The minimum atomic E-state index is -2.58. The Hall–Kier alpha value is -0.400. The zero-order valence-electron chi connectivity index (χ0n) is 9.82. The van der Waals surface area contributed by atoms with Crippen molar-refractivity contribution >= 4 is 0 Å². The smallest absolute Gasteiger partial charge is 0.202 e. The van der Waals surface area contributed by atoms with Crippen LogP contribution in [0.1, 0.15) is 54.4 Å². The van der Waals surface area contributed by atoms with Crippen LogP contribution in [0.25, 0.3) is 0 Å². The highest BCUT2D eigenvalue weighted by Gasteiger charge is 2.21.